The zero-order chi connectivity index (χ0) is 40.4. The third-order valence-electron chi connectivity index (χ3n) is 9.70. The Balaban J connectivity index is 1.31. The van der Waals surface area contributed by atoms with Crippen LogP contribution in [0.15, 0.2) is 41.5 Å². The molecule has 3 atom stereocenters. The lowest BCUT2D eigenvalue weighted by Crippen LogP contribution is -2.38. The van der Waals surface area contributed by atoms with Crippen LogP contribution < -0.4 is 15.6 Å². The van der Waals surface area contributed by atoms with Gasteiger partial charge < -0.3 is 9.88 Å². The predicted octanol–water partition coefficient (Wildman–Crippen LogP) is 4.83. The van der Waals surface area contributed by atoms with Crippen LogP contribution in [-0.4, -0.2) is 59.2 Å². The van der Waals surface area contributed by atoms with E-state index in [1.807, 2.05) is 0 Å². The summed E-state index contributed by atoms with van der Waals surface area (Å²) < 4.78 is 132. The highest BCUT2D eigenvalue weighted by atomic mass is 35.5. The average molecular weight is 827 g/mol. The van der Waals surface area contributed by atoms with Crippen LogP contribution in [0.2, 0.25) is 5.02 Å². The molecule has 14 nitrogen and oxygen atoms in total. The van der Waals surface area contributed by atoms with Gasteiger partial charge in [-0.15, -0.1) is 0 Å². The second kappa shape index (κ2) is 12.5. The lowest BCUT2D eigenvalue weighted by atomic mass is 10.0. The van der Waals surface area contributed by atoms with Crippen molar-refractivity contribution in [2.45, 2.75) is 43.4 Å². The van der Waals surface area contributed by atoms with Gasteiger partial charge in [-0.2, -0.15) is 32.1 Å². The first-order chi connectivity index (χ1) is 26.1. The van der Waals surface area contributed by atoms with E-state index in [-0.39, 0.29) is 56.4 Å². The molecule has 2 aliphatic rings. The molecule has 0 radical (unpaired) electrons. The number of anilines is 1. The number of nitrogens with one attached hydrogen (secondary N) is 2. The molecule has 23 heteroatoms. The number of alkyl halides is 5. The van der Waals surface area contributed by atoms with Gasteiger partial charge in [-0.1, -0.05) is 11.6 Å². The van der Waals surface area contributed by atoms with Gasteiger partial charge in [-0.3, -0.25) is 28.2 Å². The summed E-state index contributed by atoms with van der Waals surface area (Å²) in [6.07, 6.45) is -3.65. The zero-order valence-electron chi connectivity index (χ0n) is 29.0. The molecule has 56 heavy (non-hydrogen) atoms. The number of fused-ring (bicyclic) bond motifs is 5. The van der Waals surface area contributed by atoms with Gasteiger partial charge in [0.15, 0.2) is 22.7 Å². The summed E-state index contributed by atoms with van der Waals surface area (Å²) in [5.74, 6) is -9.88. The minimum Gasteiger partial charge on any atom is -0.344 e. The van der Waals surface area contributed by atoms with Crippen molar-refractivity contribution in [3.63, 3.8) is 0 Å². The number of aryl methyl sites for hydroxylation is 2. The predicted molar refractivity (Wildman–Crippen MR) is 185 cm³/mol. The smallest absolute Gasteiger partial charge is 0.344 e. The Bertz CT molecular complexity index is 2810. The Morgan fingerprint density at radius 1 is 1.11 bits per heavy atom. The molecule has 2 aromatic carbocycles. The third kappa shape index (κ3) is 6.14. The topological polar surface area (TPSA) is 164 Å². The molecule has 0 bridgehead atoms. The molecule has 4 heterocycles. The third-order valence-corrected chi connectivity index (χ3v) is 10.6. The lowest BCUT2D eigenvalue weighted by molar-refractivity contribution is -0.142. The molecule has 6 aromatic rings. The van der Waals surface area contributed by atoms with Crippen molar-refractivity contribution in [2.75, 3.05) is 11.0 Å². The Morgan fingerprint density at radius 3 is 2.46 bits per heavy atom. The normalized spacial score (nSPS) is 18.0. The van der Waals surface area contributed by atoms with E-state index in [1.54, 1.807) is 0 Å². The van der Waals surface area contributed by atoms with E-state index in [2.05, 4.69) is 30.2 Å². The van der Waals surface area contributed by atoms with Crippen LogP contribution in [0.4, 0.5) is 36.6 Å². The molecular formula is C33H26ClF7N10O4S. The summed E-state index contributed by atoms with van der Waals surface area (Å²) in [4.78, 5) is 37.1. The molecule has 8 rings (SSSR count). The number of carbonyl (C=O) groups excluding carboxylic acids is 1. The maximum atomic E-state index is 15.4. The molecule has 1 saturated carbocycles. The van der Waals surface area contributed by atoms with Crippen LogP contribution in [0.1, 0.15) is 46.7 Å². The minimum absolute atomic E-state index is 0.00369. The van der Waals surface area contributed by atoms with E-state index >= 15 is 8.78 Å². The van der Waals surface area contributed by atoms with Crippen LogP contribution in [0.5, 0.6) is 0 Å². The van der Waals surface area contributed by atoms with Crippen molar-refractivity contribution < 1.29 is 43.9 Å². The van der Waals surface area contributed by atoms with Gasteiger partial charge in [0.05, 0.1) is 40.2 Å². The van der Waals surface area contributed by atoms with Gasteiger partial charge in [-0.05, 0) is 42.2 Å². The lowest BCUT2D eigenvalue weighted by Gasteiger charge is -2.23. The first-order valence-corrected chi connectivity index (χ1v) is 18.8. The Morgan fingerprint density at radius 2 is 1.80 bits per heavy atom. The molecule has 0 aliphatic heterocycles. The fourth-order valence-corrected chi connectivity index (χ4v) is 8.20. The molecule has 0 unspecified atom stereocenters. The summed E-state index contributed by atoms with van der Waals surface area (Å²) in [6, 6.07) is 3.56. The van der Waals surface area contributed by atoms with E-state index in [0.717, 1.165) is 23.0 Å². The number of hydrogen-bond acceptors (Lipinski definition) is 8. The number of hydrogen-bond donors (Lipinski definition) is 2. The van der Waals surface area contributed by atoms with Gasteiger partial charge in [0.25, 0.3) is 11.5 Å². The van der Waals surface area contributed by atoms with E-state index in [9.17, 15) is 40.0 Å². The Labute approximate surface area is 314 Å². The molecule has 2 aliphatic carbocycles. The number of benzene rings is 2. The van der Waals surface area contributed by atoms with Crippen molar-refractivity contribution in [2.24, 2.45) is 20.0 Å². The van der Waals surface area contributed by atoms with Crippen molar-refractivity contribution in [1.82, 2.24) is 44.0 Å². The Kier molecular flexibility index (Phi) is 8.35. The number of amides is 1. The number of imidazole rings is 1. The summed E-state index contributed by atoms with van der Waals surface area (Å²) >= 11 is 6.52. The number of aromatic nitrogens is 8. The number of rotatable bonds is 9. The molecule has 1 fully saturated rings. The molecule has 4 aromatic heterocycles. The summed E-state index contributed by atoms with van der Waals surface area (Å²) in [6.45, 7) is -1.15. The quantitative estimate of drug-likeness (QED) is 0.196. The minimum atomic E-state index is -5.10. The average Bonchev–Trinajstić information content (AvgIpc) is 3.38. The van der Waals surface area contributed by atoms with E-state index in [4.69, 9.17) is 11.6 Å². The second-order valence-electron chi connectivity index (χ2n) is 13.7. The van der Waals surface area contributed by atoms with Gasteiger partial charge in [0, 0.05) is 38.1 Å². The standard InChI is InChI=1S/C33H26ClF7N10O4S/c1-48-12-42-24-30(48)44-29(51(31(24)53)20-5-4-18(34)23-25(20)49(2)46-28(23)47-56(3,54)55)19(8-13-6-14(35)9-15(36)7-13)43-21(52)11-50-27-22(26(45-50)33(39,40)41)16-10-17(16)32(27,37)38/h4-7,9,12,16-17,19H,8,10-11H2,1-3H3,(H,43,52)(H,46,47)/t16-,17+,19-/m0/s1. The first-order valence-electron chi connectivity index (χ1n) is 16.5. The second-order valence-corrected chi connectivity index (χ2v) is 15.9. The SMILES string of the molecule is Cn1cnc2c(=O)n(-c3ccc(Cl)c4c(NS(C)(=O)=O)nn(C)c34)c([C@H](Cc3cc(F)cc(F)c3)NC(=O)Cn3nc(C(F)(F)F)c4c3C(F)(F)[C@@H]3C[C@H]43)nc21. The zero-order valence-corrected chi connectivity index (χ0v) is 30.5. The Hall–Kier alpha value is -5.51. The van der Waals surface area contributed by atoms with Crippen LogP contribution in [0, 0.1) is 17.6 Å². The largest absolute Gasteiger partial charge is 0.435 e. The highest BCUT2D eigenvalue weighted by molar-refractivity contribution is 7.92. The van der Waals surface area contributed by atoms with Gasteiger partial charge in [0.1, 0.15) is 29.7 Å². The van der Waals surface area contributed by atoms with Crippen LogP contribution in [0.3, 0.4) is 0 Å². The maximum absolute atomic E-state index is 15.4. The molecule has 294 valence electrons. The van der Waals surface area contributed by atoms with Gasteiger partial charge in [-0.25, -0.2) is 27.2 Å². The molecular weight excluding hydrogens is 801 g/mol. The number of carbonyl (C=O) groups is 1. The number of nitrogens with zero attached hydrogens (tertiary/aromatic N) is 8. The van der Waals surface area contributed by atoms with E-state index in [0.29, 0.717) is 10.7 Å². The summed E-state index contributed by atoms with van der Waals surface area (Å²) in [5, 5.41) is 10.2. The van der Waals surface area contributed by atoms with E-state index in [1.165, 1.54) is 41.8 Å². The monoisotopic (exact) mass is 826 g/mol. The molecule has 1 amide bonds. The molecule has 0 spiro atoms. The molecule has 0 saturated heterocycles. The summed E-state index contributed by atoms with van der Waals surface area (Å²) in [7, 11) is -0.995. The fraction of sp³-hybridized carbons (Fsp3) is 0.333. The maximum Gasteiger partial charge on any atom is 0.435 e. The van der Waals surface area contributed by atoms with E-state index < -0.39 is 93.0 Å². The first kappa shape index (κ1) is 37.4. The highest BCUT2D eigenvalue weighted by Gasteiger charge is 2.68. The number of halogens is 8. The van der Waals surface area contributed by atoms with Crippen molar-refractivity contribution >= 4 is 55.4 Å². The summed E-state index contributed by atoms with van der Waals surface area (Å²) in [5.41, 5.74) is -4.34. The highest BCUT2D eigenvalue weighted by Crippen LogP contribution is 2.68. The van der Waals surface area contributed by atoms with Crippen molar-refractivity contribution in [3.05, 3.63) is 92.0 Å². The van der Waals surface area contributed by atoms with Crippen LogP contribution >= 0.6 is 11.6 Å². The van der Waals surface area contributed by atoms with Gasteiger partial charge >= 0.3 is 6.18 Å². The van der Waals surface area contributed by atoms with Crippen LogP contribution in [0.25, 0.3) is 27.8 Å². The number of sulfonamides is 1. The molecule has 2 N–H and O–H groups in total. The van der Waals surface area contributed by atoms with Gasteiger partial charge in [0.2, 0.25) is 15.9 Å². The van der Waals surface area contributed by atoms with Crippen molar-refractivity contribution in [1.29, 1.82) is 0 Å². The van der Waals surface area contributed by atoms with Crippen LogP contribution in [-0.2, 0) is 54.0 Å². The van der Waals surface area contributed by atoms with Crippen molar-refractivity contribution in [3.8, 4) is 5.69 Å². The fourth-order valence-electron chi connectivity index (χ4n) is 7.47.